The van der Waals surface area contributed by atoms with Gasteiger partial charge in [0.2, 0.25) is 22.4 Å². The second kappa shape index (κ2) is 31.6. The number of benzene rings is 4. The number of fused-ring (bicyclic) bond motifs is 7. The molecule has 0 aliphatic heterocycles. The van der Waals surface area contributed by atoms with Crippen LogP contribution in [-0.2, 0) is 56.7 Å². The van der Waals surface area contributed by atoms with Gasteiger partial charge in [0.1, 0.15) is 39.2 Å². The average Bonchev–Trinajstić information content (AvgIpc) is 1.68. The molecule has 3 fully saturated rings. The lowest BCUT2D eigenvalue weighted by Gasteiger charge is -2.58. The zero-order chi connectivity index (χ0) is 74.8. The zero-order valence-corrected chi connectivity index (χ0v) is 62.2. The van der Waals surface area contributed by atoms with Gasteiger partial charge in [-0.15, -0.1) is 0 Å². The van der Waals surface area contributed by atoms with Gasteiger partial charge in [0.15, 0.2) is 28.8 Å². The van der Waals surface area contributed by atoms with Crippen molar-refractivity contribution in [1.29, 1.82) is 0 Å². The minimum Gasteiger partial charge on any atom is -0.493 e. The van der Waals surface area contributed by atoms with Crippen LogP contribution in [-0.4, -0.2) is 97.4 Å². The molecule has 0 radical (unpaired) electrons. The van der Waals surface area contributed by atoms with Crippen molar-refractivity contribution in [3.63, 3.8) is 0 Å². The highest BCUT2D eigenvalue weighted by molar-refractivity contribution is 7.82. The Morgan fingerprint density at radius 3 is 1.65 bits per heavy atom. The van der Waals surface area contributed by atoms with E-state index in [1.54, 1.807) is 12.5 Å². The summed E-state index contributed by atoms with van der Waals surface area (Å²) in [6, 6.07) is 10.8. The molecule has 6 aromatic rings. The Morgan fingerprint density at radius 2 is 1.05 bits per heavy atom. The van der Waals surface area contributed by atoms with E-state index in [9.17, 15) is 74.4 Å². The molecule has 566 valence electrons. The standard InChI is InChI=1S/C70H88O28S5/c1-41(2)16-14-17-43(4)51-23-24-52-50-22-21-47-38-48(26-28-69(47,6)53(50)27-29-70(51,52)7)88-30-12-10-8-9-11-13-31-89-56-37-46(20-25-54(56)95-100(76,77)78)66-67(97-102(82,83)84)63(71)61-57(34-42(3)35-59(61)92-66)90-32-15-33-91-58-39-49(94-99(73,74)75)40-60-62(58)64(72)68(98-103(85,86)87)65(93-60)45-19-18-44(5)55(36-45)96-101(79,80)81/h18-21,25,34-37,39-41,43,48,50-53H,8-17,22-24,26-33,38H2,1-7H3,(H,73,74,75)(H,76,77,78)(H,79,80,81)(H,82,83,84)(H,85,86,87)/t43-,48?,50+,51-,52+,53+,69+,70-/m1/s1. The van der Waals surface area contributed by atoms with Crippen LogP contribution in [0.5, 0.6) is 46.0 Å². The molecule has 4 aromatic carbocycles. The summed E-state index contributed by atoms with van der Waals surface area (Å²) >= 11 is 0. The second-order valence-corrected chi connectivity index (χ2v) is 33.5. The lowest BCUT2D eigenvalue weighted by molar-refractivity contribution is -0.0641. The molecular formula is C70H88O28S5. The lowest BCUT2D eigenvalue weighted by atomic mass is 9.47. The monoisotopic (exact) mass is 1540 g/mol. The summed E-state index contributed by atoms with van der Waals surface area (Å²) in [5.41, 5.74) is -1.23. The number of unbranched alkanes of at least 4 members (excludes halogenated alkanes) is 5. The number of hydrogen-bond donors (Lipinski definition) is 5. The Balaban J connectivity index is 0.768. The van der Waals surface area contributed by atoms with Crippen molar-refractivity contribution < 1.29 is 114 Å². The first-order valence-electron chi connectivity index (χ1n) is 34.3. The van der Waals surface area contributed by atoms with Gasteiger partial charge in [-0.2, -0.15) is 42.1 Å². The fraction of sp³-hybridized carbons (Fsp3) is 0.543. The first-order valence-corrected chi connectivity index (χ1v) is 41.1. The van der Waals surface area contributed by atoms with Gasteiger partial charge in [-0.25, -0.2) is 0 Å². The van der Waals surface area contributed by atoms with E-state index < -0.39 is 138 Å². The summed E-state index contributed by atoms with van der Waals surface area (Å²) in [5, 5.41) is -1.12. The van der Waals surface area contributed by atoms with Crippen molar-refractivity contribution in [3.8, 4) is 68.6 Å². The topological polar surface area (TPSA) is 415 Å². The fourth-order valence-corrected chi connectivity index (χ4v) is 18.1. The maximum atomic E-state index is 14.5. The van der Waals surface area contributed by atoms with Crippen molar-refractivity contribution in [1.82, 2.24) is 0 Å². The van der Waals surface area contributed by atoms with Crippen LogP contribution in [0.15, 0.2) is 90.7 Å². The highest BCUT2D eigenvalue weighted by Crippen LogP contribution is 2.67. The van der Waals surface area contributed by atoms with Gasteiger partial charge in [0.25, 0.3) is 0 Å². The van der Waals surface area contributed by atoms with Crippen molar-refractivity contribution in [2.45, 2.75) is 170 Å². The maximum absolute atomic E-state index is 14.5. The maximum Gasteiger partial charge on any atom is 0.446 e. The van der Waals surface area contributed by atoms with E-state index >= 15 is 0 Å². The molecule has 0 amide bonds. The Hall–Kier alpha value is -7.05. The van der Waals surface area contributed by atoms with E-state index in [-0.39, 0.29) is 58.3 Å². The quantitative estimate of drug-likeness (QED) is 0.0142. The summed E-state index contributed by atoms with van der Waals surface area (Å²) in [6.07, 6.45) is 21.4. The van der Waals surface area contributed by atoms with Crippen LogP contribution >= 0.6 is 0 Å². The molecule has 103 heavy (non-hydrogen) atoms. The van der Waals surface area contributed by atoms with Gasteiger partial charge in [-0.05, 0) is 172 Å². The Bertz CT molecular complexity index is 4890. The smallest absolute Gasteiger partial charge is 0.446 e. The van der Waals surface area contributed by atoms with Crippen LogP contribution in [0.2, 0.25) is 0 Å². The number of aryl methyl sites for hydroxylation is 2. The molecule has 2 aromatic heterocycles. The van der Waals surface area contributed by atoms with Crippen molar-refractivity contribution in [3.05, 3.63) is 104 Å². The van der Waals surface area contributed by atoms with Crippen LogP contribution in [0, 0.1) is 60.2 Å². The average molecular weight is 1540 g/mol. The number of hydrogen-bond acceptors (Lipinski definition) is 23. The predicted molar refractivity (Wildman–Crippen MR) is 378 cm³/mol. The van der Waals surface area contributed by atoms with E-state index in [0.29, 0.717) is 30.4 Å². The third-order valence-electron chi connectivity index (χ3n) is 20.8. The minimum absolute atomic E-state index is 0.0118. The SMILES string of the molecule is Cc1cc(OCCCOc2cc(OS(=O)(=O)O)cc3oc(-c4ccc(C)c(OS(=O)(=O)O)c4)c(OS(=O)(=O)O)c(=O)c23)c2c(=O)c(OS(=O)(=O)O)c(-c3ccc(OS(=O)(=O)O)c(OCCCCCCCCOC4CC[C@@]5(C)C(=CC[C@H]6[C@@H]7CC[C@H]([C@H](C)CCCC(C)C)[C@@]7(C)CC[C@@H]65)C4)c3)oc2c1. The van der Waals surface area contributed by atoms with Crippen LogP contribution in [0.1, 0.15) is 161 Å². The Morgan fingerprint density at radius 1 is 0.515 bits per heavy atom. The molecule has 28 nitrogen and oxygen atoms in total. The fourth-order valence-electron chi connectivity index (χ4n) is 16.2. The molecule has 5 N–H and O–H groups in total. The van der Waals surface area contributed by atoms with E-state index in [1.165, 1.54) is 82.9 Å². The number of ether oxygens (including phenoxy) is 4. The first kappa shape index (κ1) is 78.5. The molecule has 33 heteroatoms. The molecular weight excluding hydrogens is 1450 g/mol. The molecule has 0 spiro atoms. The van der Waals surface area contributed by atoms with Crippen molar-refractivity contribution in [2.75, 3.05) is 26.4 Å². The second-order valence-electron chi connectivity index (χ2n) is 28.4. The summed E-state index contributed by atoms with van der Waals surface area (Å²) in [6.45, 7) is 15.1. The molecule has 1 unspecified atom stereocenters. The third-order valence-corrected chi connectivity index (χ3v) is 22.7. The molecule has 8 atom stereocenters. The van der Waals surface area contributed by atoms with Crippen molar-refractivity contribution in [2.24, 2.45) is 46.3 Å². The normalized spacial score (nSPS) is 21.8. The van der Waals surface area contributed by atoms with Gasteiger partial charge in [0.05, 0.1) is 25.9 Å². The first-order chi connectivity index (χ1) is 48.3. The van der Waals surface area contributed by atoms with Gasteiger partial charge in [-0.3, -0.25) is 32.4 Å². The Labute approximate surface area is 599 Å². The Kier molecular flexibility index (Phi) is 24.1. The zero-order valence-electron chi connectivity index (χ0n) is 58.1. The van der Waals surface area contributed by atoms with E-state index in [0.717, 1.165) is 116 Å². The molecule has 0 bridgehead atoms. The summed E-state index contributed by atoms with van der Waals surface area (Å²) in [4.78, 5) is 28.7. The number of rotatable bonds is 34. The van der Waals surface area contributed by atoms with E-state index in [4.69, 9.17) is 36.1 Å². The molecule has 0 saturated heterocycles. The predicted octanol–water partition coefficient (Wildman–Crippen LogP) is 13.8. The van der Waals surface area contributed by atoms with Crippen LogP contribution in [0.4, 0.5) is 0 Å². The van der Waals surface area contributed by atoms with Gasteiger partial charge >= 0.3 is 52.0 Å². The lowest BCUT2D eigenvalue weighted by Crippen LogP contribution is -2.51. The molecule has 4 aliphatic carbocycles. The van der Waals surface area contributed by atoms with E-state index in [2.05, 4.69) is 53.2 Å². The van der Waals surface area contributed by atoms with E-state index in [1.807, 2.05) is 0 Å². The van der Waals surface area contributed by atoms with Crippen LogP contribution in [0.3, 0.4) is 0 Å². The van der Waals surface area contributed by atoms with Gasteiger partial charge in [-0.1, -0.05) is 103 Å². The summed E-state index contributed by atoms with van der Waals surface area (Å²) in [5.74, 6) is -2.02. The van der Waals surface area contributed by atoms with Gasteiger partial charge in [0, 0.05) is 36.3 Å². The molecule has 2 heterocycles. The molecule has 10 rings (SSSR count). The van der Waals surface area contributed by atoms with Crippen molar-refractivity contribution >= 4 is 73.9 Å². The highest BCUT2D eigenvalue weighted by atomic mass is 32.3. The largest absolute Gasteiger partial charge is 0.493 e. The molecule has 4 aliphatic rings. The minimum atomic E-state index is -5.56. The summed E-state index contributed by atoms with van der Waals surface area (Å²) in [7, 11) is -26.7. The van der Waals surface area contributed by atoms with Crippen LogP contribution in [0.25, 0.3) is 44.6 Å². The molecule has 3 saturated carbocycles. The number of allylic oxidation sites excluding steroid dienone is 1. The van der Waals surface area contributed by atoms with Crippen LogP contribution < -0.4 is 46.0 Å². The third kappa shape index (κ3) is 19.5. The highest BCUT2D eigenvalue weighted by Gasteiger charge is 2.59. The van der Waals surface area contributed by atoms with Gasteiger partial charge < -0.3 is 48.7 Å². The summed E-state index contributed by atoms with van der Waals surface area (Å²) < 4.78 is 228.